The van der Waals surface area contributed by atoms with Crippen LogP contribution in [0.5, 0.6) is 17.2 Å². The highest BCUT2D eigenvalue weighted by Crippen LogP contribution is 2.50. The minimum absolute atomic E-state index is 0.0517. The third-order valence-electron chi connectivity index (χ3n) is 7.75. The van der Waals surface area contributed by atoms with E-state index in [0.29, 0.717) is 17.7 Å². The molecule has 0 bridgehead atoms. The SMILES string of the molecule is COc1cccc2c1C(=O)c1c(O)c3c(c(O)c1C2=O)CC(O)(C(=O)NCCNC(=O)OCc1ccc(NC=O)cc1)CC3O. The number of anilines is 1. The Kier molecular flexibility index (Phi) is 8.44. The molecular weight excluding hydrogens is 590 g/mol. The quantitative estimate of drug-likeness (QED) is 0.0801. The van der Waals surface area contributed by atoms with Crippen LogP contribution in [-0.4, -0.2) is 76.2 Å². The number of aliphatic hydroxyl groups is 2. The summed E-state index contributed by atoms with van der Waals surface area (Å²) in [6.45, 7) is -0.275. The fourth-order valence-electron chi connectivity index (χ4n) is 5.59. The number of rotatable bonds is 9. The second-order valence-corrected chi connectivity index (χ2v) is 10.5. The highest BCUT2D eigenvalue weighted by atomic mass is 16.5. The lowest BCUT2D eigenvalue weighted by molar-refractivity contribution is -0.144. The maximum absolute atomic E-state index is 13.4. The van der Waals surface area contributed by atoms with Crippen LogP contribution in [0.15, 0.2) is 42.5 Å². The molecule has 0 saturated carbocycles. The predicted octanol–water partition coefficient (Wildman–Crippen LogP) is 1.20. The third kappa shape index (κ3) is 5.63. The second-order valence-electron chi connectivity index (χ2n) is 10.5. The Balaban J connectivity index is 1.25. The Morgan fingerprint density at radius 3 is 2.36 bits per heavy atom. The number of carbonyl (C=O) groups is 5. The van der Waals surface area contributed by atoms with E-state index in [4.69, 9.17) is 9.47 Å². The number of phenolic OH excluding ortho intramolecular Hbond substituents is 2. The van der Waals surface area contributed by atoms with E-state index in [-0.39, 0.29) is 47.7 Å². The average molecular weight is 620 g/mol. The van der Waals surface area contributed by atoms with Gasteiger partial charge in [-0.2, -0.15) is 0 Å². The lowest BCUT2D eigenvalue weighted by Gasteiger charge is -2.37. The summed E-state index contributed by atoms with van der Waals surface area (Å²) in [6.07, 6.45) is -3.13. The molecule has 234 valence electrons. The zero-order valence-corrected chi connectivity index (χ0v) is 23.9. The molecule has 5 rings (SSSR count). The summed E-state index contributed by atoms with van der Waals surface area (Å²) >= 11 is 0. The summed E-state index contributed by atoms with van der Waals surface area (Å²) in [7, 11) is 1.31. The zero-order chi connectivity index (χ0) is 32.5. The molecule has 3 aromatic carbocycles. The molecular formula is C31H29N3O11. The van der Waals surface area contributed by atoms with Crippen molar-refractivity contribution in [2.75, 3.05) is 25.5 Å². The number of methoxy groups -OCH3 is 1. The van der Waals surface area contributed by atoms with Gasteiger partial charge in [0.2, 0.25) is 12.2 Å². The van der Waals surface area contributed by atoms with E-state index in [1.165, 1.54) is 25.3 Å². The number of phenols is 2. The maximum atomic E-state index is 13.4. The fourth-order valence-corrected chi connectivity index (χ4v) is 5.59. The normalized spacial score (nSPS) is 18.2. The number of ether oxygens (including phenoxy) is 2. The van der Waals surface area contributed by atoms with Gasteiger partial charge in [0.1, 0.15) is 29.5 Å². The third-order valence-corrected chi connectivity index (χ3v) is 7.75. The van der Waals surface area contributed by atoms with Gasteiger partial charge in [-0.15, -0.1) is 0 Å². The van der Waals surface area contributed by atoms with E-state index in [9.17, 15) is 44.4 Å². The molecule has 0 aromatic heterocycles. The standard InChI is InChI=1S/C31H29N3O11/c1-44-20-4-2-3-17-22(20)28(40)24-23(25(17)37)26(38)18-11-31(43,12-19(36)21(18)27(24)39)29(41)32-9-10-33-30(42)45-13-15-5-7-16(8-6-15)34-14-35/h2-8,14,19,36,38-39,43H,9-13H2,1H3,(H,32,41)(H,33,42)(H,34,35). The summed E-state index contributed by atoms with van der Waals surface area (Å²) in [4.78, 5) is 62.4. The molecule has 14 nitrogen and oxygen atoms in total. The van der Waals surface area contributed by atoms with E-state index >= 15 is 0 Å². The lowest BCUT2D eigenvalue weighted by Crippen LogP contribution is -2.52. The van der Waals surface area contributed by atoms with Gasteiger partial charge in [-0.25, -0.2) is 4.79 Å². The van der Waals surface area contributed by atoms with Gasteiger partial charge in [0.05, 0.1) is 29.9 Å². The first-order valence-corrected chi connectivity index (χ1v) is 13.8. The monoisotopic (exact) mass is 619 g/mol. The molecule has 2 atom stereocenters. The van der Waals surface area contributed by atoms with Crippen molar-refractivity contribution in [3.05, 3.63) is 81.4 Å². The van der Waals surface area contributed by atoms with Crippen LogP contribution in [0.4, 0.5) is 10.5 Å². The molecule has 14 heteroatoms. The number of alkyl carbamates (subject to hydrolysis) is 1. The summed E-state index contributed by atoms with van der Waals surface area (Å²) in [5, 5.41) is 51.8. The Hall–Kier alpha value is -5.47. The van der Waals surface area contributed by atoms with Crippen molar-refractivity contribution < 1.29 is 53.9 Å². The number of fused-ring (bicyclic) bond motifs is 3. The van der Waals surface area contributed by atoms with Crippen LogP contribution < -0.4 is 20.7 Å². The number of nitrogens with one attached hydrogen (secondary N) is 3. The van der Waals surface area contributed by atoms with Crippen molar-refractivity contribution in [2.45, 2.75) is 31.2 Å². The highest BCUT2D eigenvalue weighted by molar-refractivity contribution is 6.31. The molecule has 0 heterocycles. The van der Waals surface area contributed by atoms with Crippen LogP contribution in [0.2, 0.25) is 0 Å². The first-order chi connectivity index (χ1) is 21.5. The maximum Gasteiger partial charge on any atom is 0.407 e. The van der Waals surface area contributed by atoms with Crippen LogP contribution >= 0.6 is 0 Å². The molecule has 2 aliphatic carbocycles. The van der Waals surface area contributed by atoms with Gasteiger partial charge in [-0.3, -0.25) is 19.2 Å². The van der Waals surface area contributed by atoms with Crippen molar-refractivity contribution in [1.29, 1.82) is 0 Å². The number of ketones is 2. The Bertz CT molecular complexity index is 1720. The zero-order valence-electron chi connectivity index (χ0n) is 23.9. The van der Waals surface area contributed by atoms with Crippen molar-refractivity contribution in [3.63, 3.8) is 0 Å². The van der Waals surface area contributed by atoms with Crippen LogP contribution in [0, 0.1) is 0 Å². The van der Waals surface area contributed by atoms with E-state index in [1.807, 2.05) is 0 Å². The predicted molar refractivity (Wildman–Crippen MR) is 155 cm³/mol. The molecule has 3 amide bonds. The van der Waals surface area contributed by atoms with Gasteiger partial charge < -0.3 is 45.9 Å². The Morgan fingerprint density at radius 1 is 0.978 bits per heavy atom. The minimum atomic E-state index is -2.28. The minimum Gasteiger partial charge on any atom is -0.507 e. The van der Waals surface area contributed by atoms with E-state index < -0.39 is 70.7 Å². The van der Waals surface area contributed by atoms with Crippen molar-refractivity contribution in [1.82, 2.24) is 10.6 Å². The number of hydrogen-bond acceptors (Lipinski definition) is 11. The molecule has 0 saturated heterocycles. The first-order valence-electron chi connectivity index (χ1n) is 13.8. The van der Waals surface area contributed by atoms with Crippen LogP contribution in [0.1, 0.15) is 61.1 Å². The first kappa shape index (κ1) is 31.0. The smallest absolute Gasteiger partial charge is 0.407 e. The molecule has 2 aliphatic rings. The highest BCUT2D eigenvalue weighted by Gasteiger charge is 2.48. The van der Waals surface area contributed by atoms with Crippen LogP contribution in [0.25, 0.3) is 0 Å². The number of benzene rings is 3. The van der Waals surface area contributed by atoms with Gasteiger partial charge >= 0.3 is 6.09 Å². The lowest BCUT2D eigenvalue weighted by atomic mass is 9.72. The Morgan fingerprint density at radius 2 is 1.67 bits per heavy atom. The van der Waals surface area contributed by atoms with Gasteiger partial charge in [-0.1, -0.05) is 24.3 Å². The number of aliphatic hydroxyl groups excluding tert-OH is 1. The van der Waals surface area contributed by atoms with Gasteiger partial charge in [0.25, 0.3) is 5.91 Å². The largest absolute Gasteiger partial charge is 0.507 e. The van der Waals surface area contributed by atoms with Crippen molar-refractivity contribution >= 4 is 35.7 Å². The molecule has 3 aromatic rings. The average Bonchev–Trinajstić information content (AvgIpc) is 3.02. The summed E-state index contributed by atoms with van der Waals surface area (Å²) < 4.78 is 10.3. The Labute approximate surface area is 255 Å². The molecule has 2 unspecified atom stereocenters. The molecule has 45 heavy (non-hydrogen) atoms. The molecule has 0 aliphatic heterocycles. The van der Waals surface area contributed by atoms with Gasteiger partial charge in [0.15, 0.2) is 5.78 Å². The van der Waals surface area contributed by atoms with Crippen LogP contribution in [0.3, 0.4) is 0 Å². The molecule has 0 fully saturated rings. The number of hydrogen-bond donors (Lipinski definition) is 7. The van der Waals surface area contributed by atoms with E-state index in [2.05, 4.69) is 16.0 Å². The van der Waals surface area contributed by atoms with E-state index in [1.54, 1.807) is 24.3 Å². The molecule has 7 N–H and O–H groups in total. The number of amides is 3. The van der Waals surface area contributed by atoms with Crippen molar-refractivity contribution in [2.24, 2.45) is 0 Å². The second kappa shape index (κ2) is 12.3. The van der Waals surface area contributed by atoms with E-state index in [0.717, 1.165) is 0 Å². The van der Waals surface area contributed by atoms with Gasteiger partial charge in [-0.05, 0) is 23.8 Å². The van der Waals surface area contributed by atoms with Crippen LogP contribution in [-0.2, 0) is 27.4 Å². The summed E-state index contributed by atoms with van der Waals surface area (Å²) in [5.41, 5.74) is -2.76. The summed E-state index contributed by atoms with van der Waals surface area (Å²) in [5.74, 6) is -3.92. The summed E-state index contributed by atoms with van der Waals surface area (Å²) in [6, 6.07) is 10.9. The number of aromatic hydroxyl groups is 2. The number of carbonyl (C=O) groups excluding carboxylic acids is 5. The fraction of sp³-hybridized carbons (Fsp3) is 0.258. The molecule has 0 radical (unpaired) electrons. The molecule has 0 spiro atoms. The van der Waals surface area contributed by atoms with Crippen molar-refractivity contribution in [3.8, 4) is 17.2 Å². The van der Waals surface area contributed by atoms with Gasteiger partial charge in [0, 0.05) is 48.3 Å². The topological polar surface area (TPSA) is 221 Å².